The molecule has 0 aliphatic rings. The number of hydrogen-bond acceptors (Lipinski definition) is 2. The van der Waals surface area contributed by atoms with Crippen molar-refractivity contribution in [3.63, 3.8) is 0 Å². The molecule has 21 heavy (non-hydrogen) atoms. The Balaban J connectivity index is 1.94. The van der Waals surface area contributed by atoms with Gasteiger partial charge in [0.05, 0.1) is 0 Å². The molecule has 2 amide bonds. The van der Waals surface area contributed by atoms with E-state index in [1.807, 2.05) is 42.5 Å². The maximum atomic E-state index is 11.9. The second-order valence-electron chi connectivity index (χ2n) is 5.95. The summed E-state index contributed by atoms with van der Waals surface area (Å²) in [5, 5.41) is 5.58. The number of carbonyl (C=O) groups excluding carboxylic acids is 1. The lowest BCUT2D eigenvalue weighted by Crippen LogP contribution is -2.29. The molecular weight excluding hydrogens is 262 g/mol. The van der Waals surface area contributed by atoms with Crippen molar-refractivity contribution in [2.75, 3.05) is 5.32 Å². The van der Waals surface area contributed by atoms with Crippen LogP contribution in [0.3, 0.4) is 0 Å². The van der Waals surface area contributed by atoms with Gasteiger partial charge in [-0.1, -0.05) is 57.2 Å². The molecule has 0 fully saturated rings. The van der Waals surface area contributed by atoms with E-state index >= 15 is 0 Å². The van der Waals surface area contributed by atoms with Crippen LogP contribution in [0.5, 0.6) is 0 Å². The largest absolute Gasteiger partial charge is 0.334 e. The second-order valence-corrected chi connectivity index (χ2v) is 5.95. The lowest BCUT2D eigenvalue weighted by atomic mass is 9.92. The zero-order valence-corrected chi connectivity index (χ0v) is 12.7. The number of anilines is 1. The van der Waals surface area contributed by atoms with Gasteiger partial charge in [0, 0.05) is 17.7 Å². The summed E-state index contributed by atoms with van der Waals surface area (Å²) in [5.41, 5.74) is 1.96. The van der Waals surface area contributed by atoms with E-state index in [0.717, 1.165) is 11.3 Å². The average molecular weight is 283 g/mol. The van der Waals surface area contributed by atoms with E-state index in [1.165, 1.54) is 0 Å². The molecule has 1 aromatic heterocycles. The van der Waals surface area contributed by atoms with Crippen LogP contribution in [0.4, 0.5) is 10.6 Å². The lowest BCUT2D eigenvalue weighted by molar-refractivity contribution is 0.251. The molecule has 0 bridgehead atoms. The molecule has 0 saturated heterocycles. The van der Waals surface area contributed by atoms with Crippen LogP contribution in [0.1, 0.15) is 32.0 Å². The van der Waals surface area contributed by atoms with E-state index in [9.17, 15) is 4.79 Å². The summed E-state index contributed by atoms with van der Waals surface area (Å²) in [4.78, 5) is 16.4. The van der Waals surface area contributed by atoms with E-state index in [0.29, 0.717) is 12.4 Å². The van der Waals surface area contributed by atoms with Gasteiger partial charge in [-0.15, -0.1) is 0 Å². The fourth-order valence-corrected chi connectivity index (χ4v) is 1.86. The molecule has 4 nitrogen and oxygen atoms in total. The Morgan fingerprint density at radius 3 is 2.43 bits per heavy atom. The maximum absolute atomic E-state index is 11.9. The monoisotopic (exact) mass is 283 g/mol. The standard InChI is InChI=1S/C17H21N3O/c1-17(2,3)14-10-7-11-15(19-14)20-16(21)18-12-13-8-5-4-6-9-13/h4-11H,12H2,1-3H3,(H2,18,19,20,21). The summed E-state index contributed by atoms with van der Waals surface area (Å²) in [6, 6.07) is 15.2. The van der Waals surface area contributed by atoms with Gasteiger partial charge < -0.3 is 5.32 Å². The Morgan fingerprint density at radius 1 is 1.05 bits per heavy atom. The highest BCUT2D eigenvalue weighted by molar-refractivity contribution is 5.88. The van der Waals surface area contributed by atoms with Gasteiger partial charge in [0.2, 0.25) is 0 Å². The van der Waals surface area contributed by atoms with E-state index in [4.69, 9.17) is 0 Å². The number of urea groups is 1. The molecule has 110 valence electrons. The Morgan fingerprint density at radius 2 is 1.76 bits per heavy atom. The first kappa shape index (κ1) is 15.0. The first-order valence-corrected chi connectivity index (χ1v) is 7.01. The van der Waals surface area contributed by atoms with Crippen LogP contribution in [0.2, 0.25) is 0 Å². The van der Waals surface area contributed by atoms with Gasteiger partial charge in [0.25, 0.3) is 0 Å². The molecule has 1 heterocycles. The van der Waals surface area contributed by atoms with Crippen LogP contribution in [0.25, 0.3) is 0 Å². The highest BCUT2D eigenvalue weighted by Gasteiger charge is 2.15. The van der Waals surface area contributed by atoms with Gasteiger partial charge >= 0.3 is 6.03 Å². The van der Waals surface area contributed by atoms with Crippen LogP contribution >= 0.6 is 0 Å². The molecule has 2 N–H and O–H groups in total. The molecule has 0 saturated carbocycles. The number of rotatable bonds is 3. The molecular formula is C17H21N3O. The van der Waals surface area contributed by atoms with Crippen LogP contribution in [0.15, 0.2) is 48.5 Å². The van der Waals surface area contributed by atoms with Crippen LogP contribution < -0.4 is 10.6 Å². The minimum atomic E-state index is -0.252. The number of nitrogens with one attached hydrogen (secondary N) is 2. The molecule has 4 heteroatoms. The molecule has 2 rings (SSSR count). The normalized spacial score (nSPS) is 11.0. The van der Waals surface area contributed by atoms with Crippen molar-refractivity contribution in [2.45, 2.75) is 32.7 Å². The predicted molar refractivity (Wildman–Crippen MR) is 85.2 cm³/mol. The van der Waals surface area contributed by atoms with Gasteiger partial charge in [-0.05, 0) is 17.7 Å². The third kappa shape index (κ3) is 4.60. The molecule has 1 aromatic carbocycles. The highest BCUT2D eigenvalue weighted by Crippen LogP contribution is 2.21. The summed E-state index contributed by atoms with van der Waals surface area (Å²) in [6.07, 6.45) is 0. The lowest BCUT2D eigenvalue weighted by Gasteiger charge is -2.18. The summed E-state index contributed by atoms with van der Waals surface area (Å²) in [6.45, 7) is 6.77. The minimum absolute atomic E-state index is 0.0434. The Bertz CT molecular complexity index is 603. The van der Waals surface area contributed by atoms with E-state index < -0.39 is 0 Å². The van der Waals surface area contributed by atoms with Crippen molar-refractivity contribution < 1.29 is 4.79 Å². The zero-order valence-electron chi connectivity index (χ0n) is 12.7. The molecule has 0 aliphatic carbocycles. The third-order valence-corrected chi connectivity index (χ3v) is 3.06. The average Bonchev–Trinajstić information content (AvgIpc) is 2.46. The van der Waals surface area contributed by atoms with Crippen molar-refractivity contribution in [3.05, 3.63) is 59.8 Å². The SMILES string of the molecule is CC(C)(C)c1cccc(NC(=O)NCc2ccccc2)n1. The number of aromatic nitrogens is 1. The molecule has 0 atom stereocenters. The summed E-state index contributed by atoms with van der Waals surface area (Å²) >= 11 is 0. The van der Waals surface area contributed by atoms with Crippen LogP contribution in [-0.4, -0.2) is 11.0 Å². The van der Waals surface area contributed by atoms with E-state index in [-0.39, 0.29) is 11.4 Å². The van der Waals surface area contributed by atoms with Crippen molar-refractivity contribution in [2.24, 2.45) is 0 Å². The Kier molecular flexibility index (Phi) is 4.58. The van der Waals surface area contributed by atoms with Crippen LogP contribution in [0, 0.1) is 0 Å². The quantitative estimate of drug-likeness (QED) is 0.902. The van der Waals surface area contributed by atoms with Crippen molar-refractivity contribution in [1.82, 2.24) is 10.3 Å². The Labute approximate surface area is 125 Å². The number of nitrogens with zero attached hydrogens (tertiary/aromatic N) is 1. The summed E-state index contributed by atoms with van der Waals surface area (Å²) < 4.78 is 0. The molecule has 0 aliphatic heterocycles. The minimum Gasteiger partial charge on any atom is -0.334 e. The number of pyridine rings is 1. The maximum Gasteiger partial charge on any atom is 0.320 e. The number of amides is 2. The third-order valence-electron chi connectivity index (χ3n) is 3.06. The van der Waals surface area contributed by atoms with Gasteiger partial charge in [0.1, 0.15) is 5.82 Å². The van der Waals surface area contributed by atoms with Gasteiger partial charge in [-0.2, -0.15) is 0 Å². The number of carbonyl (C=O) groups is 1. The van der Waals surface area contributed by atoms with Crippen molar-refractivity contribution in [3.8, 4) is 0 Å². The number of benzene rings is 1. The van der Waals surface area contributed by atoms with Crippen molar-refractivity contribution >= 4 is 11.8 Å². The highest BCUT2D eigenvalue weighted by atomic mass is 16.2. The topological polar surface area (TPSA) is 54.0 Å². The Hall–Kier alpha value is -2.36. The molecule has 2 aromatic rings. The zero-order chi connectivity index (χ0) is 15.3. The molecule has 0 unspecified atom stereocenters. The molecule has 0 spiro atoms. The van der Waals surface area contributed by atoms with E-state index in [2.05, 4.69) is 36.4 Å². The van der Waals surface area contributed by atoms with Gasteiger partial charge in [0.15, 0.2) is 0 Å². The van der Waals surface area contributed by atoms with E-state index in [1.54, 1.807) is 6.07 Å². The van der Waals surface area contributed by atoms with Gasteiger partial charge in [-0.3, -0.25) is 5.32 Å². The number of hydrogen-bond donors (Lipinski definition) is 2. The smallest absolute Gasteiger partial charge is 0.320 e. The fraction of sp³-hybridized carbons (Fsp3) is 0.294. The fourth-order valence-electron chi connectivity index (χ4n) is 1.86. The van der Waals surface area contributed by atoms with Gasteiger partial charge in [-0.25, -0.2) is 9.78 Å². The predicted octanol–water partition coefficient (Wildman–Crippen LogP) is 3.70. The summed E-state index contributed by atoms with van der Waals surface area (Å²) in [5.74, 6) is 0.563. The summed E-state index contributed by atoms with van der Waals surface area (Å²) in [7, 11) is 0. The van der Waals surface area contributed by atoms with Crippen molar-refractivity contribution in [1.29, 1.82) is 0 Å². The van der Waals surface area contributed by atoms with Crippen LogP contribution in [-0.2, 0) is 12.0 Å². The molecule has 0 radical (unpaired) electrons. The second kappa shape index (κ2) is 6.39. The first-order chi connectivity index (χ1) is 9.95. The first-order valence-electron chi connectivity index (χ1n) is 7.01.